The zero-order valence-corrected chi connectivity index (χ0v) is 17.0. The maximum Gasteiger partial charge on any atom is 0.256 e. The zero-order valence-electron chi connectivity index (χ0n) is 17.0. The predicted molar refractivity (Wildman–Crippen MR) is 104 cm³/mol. The minimum Gasteiger partial charge on any atom is -0.493 e. The van der Waals surface area contributed by atoms with Crippen LogP contribution >= 0.6 is 0 Å². The topological polar surface area (TPSA) is 47.6 Å². The number of nitrogens with one attached hydrogen (secondary N) is 1. The Hall–Kier alpha value is -1.55. The molecule has 1 atom stereocenters. The van der Waals surface area contributed by atoms with Crippen LogP contribution in [0.1, 0.15) is 65.0 Å². The van der Waals surface area contributed by atoms with E-state index in [4.69, 9.17) is 9.47 Å². The lowest BCUT2D eigenvalue weighted by Gasteiger charge is -2.30. The van der Waals surface area contributed by atoms with E-state index in [2.05, 4.69) is 33.0 Å². The van der Waals surface area contributed by atoms with Gasteiger partial charge in [-0.1, -0.05) is 27.7 Å². The van der Waals surface area contributed by atoms with Crippen LogP contribution in [0.3, 0.4) is 0 Å². The third-order valence-corrected chi connectivity index (χ3v) is 4.07. The highest BCUT2D eigenvalue weighted by atomic mass is 16.5. The van der Waals surface area contributed by atoms with Crippen molar-refractivity contribution in [1.29, 1.82) is 0 Å². The minimum absolute atomic E-state index is 0.0873. The van der Waals surface area contributed by atoms with Crippen LogP contribution in [0.2, 0.25) is 0 Å². The summed E-state index contributed by atoms with van der Waals surface area (Å²) in [5.41, 5.74) is 2.04. The van der Waals surface area contributed by atoms with Crippen molar-refractivity contribution in [3.05, 3.63) is 23.3 Å². The second-order valence-electron chi connectivity index (χ2n) is 7.42. The molecule has 0 saturated heterocycles. The molecule has 0 heterocycles. The van der Waals surface area contributed by atoms with Crippen LogP contribution in [-0.4, -0.2) is 24.7 Å². The monoisotopic (exact) mass is 349 g/mol. The number of carbonyl (C=O) groups is 1. The van der Waals surface area contributed by atoms with Crippen molar-refractivity contribution in [3.8, 4) is 5.75 Å². The van der Waals surface area contributed by atoms with Gasteiger partial charge < -0.3 is 14.8 Å². The molecule has 4 nitrogen and oxygen atoms in total. The van der Waals surface area contributed by atoms with E-state index in [1.807, 2.05) is 32.9 Å². The number of rotatable bonds is 10. The highest BCUT2D eigenvalue weighted by molar-refractivity contribution is 5.97. The van der Waals surface area contributed by atoms with Crippen LogP contribution in [0.4, 0.5) is 5.69 Å². The largest absolute Gasteiger partial charge is 0.493 e. The van der Waals surface area contributed by atoms with E-state index >= 15 is 0 Å². The maximum absolute atomic E-state index is 12.9. The fourth-order valence-electron chi connectivity index (χ4n) is 3.04. The Morgan fingerprint density at radius 1 is 1.12 bits per heavy atom. The second-order valence-corrected chi connectivity index (χ2v) is 7.42. The van der Waals surface area contributed by atoms with Gasteiger partial charge in [-0.25, -0.2) is 0 Å². The molecule has 0 aromatic heterocycles. The Morgan fingerprint density at radius 3 is 2.16 bits per heavy atom. The Labute approximate surface area is 153 Å². The fourth-order valence-corrected chi connectivity index (χ4v) is 3.04. The molecule has 0 spiro atoms. The number of benzene rings is 1. The lowest BCUT2D eigenvalue weighted by atomic mass is 9.92. The Balaban J connectivity index is 2.96. The molecule has 0 radical (unpaired) electrons. The van der Waals surface area contributed by atoms with E-state index in [0.717, 1.165) is 35.4 Å². The molecular formula is C21H35NO3. The van der Waals surface area contributed by atoms with Crippen LogP contribution in [0.25, 0.3) is 0 Å². The Bertz CT molecular complexity index is 545. The van der Waals surface area contributed by atoms with E-state index in [1.165, 1.54) is 0 Å². The van der Waals surface area contributed by atoms with E-state index in [1.54, 1.807) is 0 Å². The molecule has 1 rings (SSSR count). The first kappa shape index (κ1) is 21.5. The van der Waals surface area contributed by atoms with E-state index in [0.29, 0.717) is 25.6 Å². The van der Waals surface area contributed by atoms with Gasteiger partial charge in [0.1, 0.15) is 11.4 Å². The summed E-state index contributed by atoms with van der Waals surface area (Å²) < 4.78 is 11.7. The smallest absolute Gasteiger partial charge is 0.256 e. The number of amides is 1. The maximum atomic E-state index is 12.9. The molecular weight excluding hydrogens is 314 g/mol. The average molecular weight is 350 g/mol. The molecule has 0 aliphatic rings. The summed E-state index contributed by atoms with van der Waals surface area (Å²) in [6.07, 6.45) is 2.55. The van der Waals surface area contributed by atoms with Crippen molar-refractivity contribution in [2.45, 2.75) is 73.3 Å². The van der Waals surface area contributed by atoms with Crippen molar-refractivity contribution in [1.82, 2.24) is 0 Å². The average Bonchev–Trinajstić information content (AvgIpc) is 2.51. The van der Waals surface area contributed by atoms with Gasteiger partial charge in [0.2, 0.25) is 0 Å². The molecule has 0 unspecified atom stereocenters. The second kappa shape index (κ2) is 9.81. The molecule has 0 fully saturated rings. The molecule has 4 heteroatoms. The number of anilines is 1. The number of hydrogen-bond acceptors (Lipinski definition) is 3. The van der Waals surface area contributed by atoms with Gasteiger partial charge in [0, 0.05) is 12.3 Å². The first-order valence-corrected chi connectivity index (χ1v) is 9.43. The first-order chi connectivity index (χ1) is 11.7. The van der Waals surface area contributed by atoms with Gasteiger partial charge >= 0.3 is 0 Å². The van der Waals surface area contributed by atoms with Crippen LogP contribution < -0.4 is 10.1 Å². The molecule has 1 aromatic rings. The minimum atomic E-state index is -0.816. The molecule has 0 aliphatic carbocycles. The summed E-state index contributed by atoms with van der Waals surface area (Å²) in [6.45, 7) is 15.5. The molecule has 142 valence electrons. The zero-order chi connectivity index (χ0) is 19.0. The highest BCUT2D eigenvalue weighted by Gasteiger charge is 2.35. The van der Waals surface area contributed by atoms with Gasteiger partial charge in [0.15, 0.2) is 0 Å². The lowest BCUT2D eigenvalue weighted by molar-refractivity contribution is -0.141. The van der Waals surface area contributed by atoms with Crippen LogP contribution in [0.15, 0.2) is 12.1 Å². The molecule has 1 aromatic carbocycles. The quantitative estimate of drug-likeness (QED) is 0.626. The molecule has 25 heavy (non-hydrogen) atoms. The number of hydrogen-bond donors (Lipinski definition) is 1. The van der Waals surface area contributed by atoms with Crippen LogP contribution in [0, 0.1) is 19.8 Å². The number of ether oxygens (including phenoxy) is 2. The third kappa shape index (κ3) is 6.35. The van der Waals surface area contributed by atoms with Crippen LogP contribution in [0.5, 0.6) is 5.75 Å². The van der Waals surface area contributed by atoms with Crippen molar-refractivity contribution < 1.29 is 14.3 Å². The van der Waals surface area contributed by atoms with Crippen molar-refractivity contribution >= 4 is 11.6 Å². The van der Waals surface area contributed by atoms with Crippen molar-refractivity contribution in [3.63, 3.8) is 0 Å². The summed E-state index contributed by atoms with van der Waals surface area (Å²) in [5, 5.41) is 3.04. The summed E-state index contributed by atoms with van der Waals surface area (Å²) in [4.78, 5) is 12.9. The highest BCUT2D eigenvalue weighted by Crippen LogP contribution is 2.29. The SMILES string of the molecule is CCCOc1c(C)cc(NC(=O)[C@](C)(CC(C)C)OCCC)cc1C. The predicted octanol–water partition coefficient (Wildman–Crippen LogP) is 5.26. The molecule has 1 amide bonds. The van der Waals surface area contributed by atoms with E-state index in [9.17, 15) is 4.79 Å². The summed E-state index contributed by atoms with van der Waals surface area (Å²) in [6, 6.07) is 3.93. The molecule has 0 saturated carbocycles. The first-order valence-electron chi connectivity index (χ1n) is 9.43. The summed E-state index contributed by atoms with van der Waals surface area (Å²) in [5.74, 6) is 1.20. The van der Waals surface area contributed by atoms with Gasteiger partial charge in [0.05, 0.1) is 6.61 Å². The summed E-state index contributed by atoms with van der Waals surface area (Å²) in [7, 11) is 0. The standard InChI is InChI=1S/C21H35NO3/c1-8-10-24-19-16(5)12-18(13-17(19)6)22-20(23)21(7,14-15(3)4)25-11-9-2/h12-13,15H,8-11,14H2,1-7H3,(H,22,23)/t21-/m0/s1. The van der Waals surface area contributed by atoms with Gasteiger partial charge in [0.25, 0.3) is 5.91 Å². The van der Waals surface area contributed by atoms with Gasteiger partial charge in [-0.05, 0) is 69.2 Å². The van der Waals surface area contributed by atoms with Crippen LogP contribution in [-0.2, 0) is 9.53 Å². The third-order valence-electron chi connectivity index (χ3n) is 4.07. The molecule has 1 N–H and O–H groups in total. The fraction of sp³-hybridized carbons (Fsp3) is 0.667. The number of carbonyl (C=O) groups excluding carboxylic acids is 1. The number of aryl methyl sites for hydroxylation is 2. The molecule has 0 bridgehead atoms. The van der Waals surface area contributed by atoms with Gasteiger partial charge in [-0.15, -0.1) is 0 Å². The van der Waals surface area contributed by atoms with Gasteiger partial charge in [-0.3, -0.25) is 4.79 Å². The van der Waals surface area contributed by atoms with Crippen molar-refractivity contribution in [2.24, 2.45) is 5.92 Å². The normalized spacial score (nSPS) is 13.6. The Kier molecular flexibility index (Phi) is 8.43. The van der Waals surface area contributed by atoms with Crippen molar-refractivity contribution in [2.75, 3.05) is 18.5 Å². The van der Waals surface area contributed by atoms with Gasteiger partial charge in [-0.2, -0.15) is 0 Å². The lowest BCUT2D eigenvalue weighted by Crippen LogP contribution is -2.44. The Morgan fingerprint density at radius 2 is 1.68 bits per heavy atom. The molecule has 0 aliphatic heterocycles. The summed E-state index contributed by atoms with van der Waals surface area (Å²) >= 11 is 0. The van der Waals surface area contributed by atoms with E-state index < -0.39 is 5.60 Å². The van der Waals surface area contributed by atoms with E-state index in [-0.39, 0.29) is 5.91 Å².